The normalized spacial score (nSPS) is 12.8. The monoisotopic (exact) mass is 436 g/mol. The first-order chi connectivity index (χ1) is 15.4. The Morgan fingerprint density at radius 1 is 1.06 bits per heavy atom. The number of methoxy groups -OCH3 is 1. The van der Waals surface area contributed by atoms with Crippen molar-refractivity contribution in [2.75, 3.05) is 12.4 Å². The van der Waals surface area contributed by atoms with Gasteiger partial charge in [0.05, 0.1) is 12.8 Å². The number of amides is 2. The number of anilines is 1. The molecular weight excluding hydrogens is 412 g/mol. The number of ether oxygens (including phenoxy) is 2. The molecule has 32 heavy (non-hydrogen) atoms. The van der Waals surface area contributed by atoms with E-state index in [1.807, 2.05) is 36.4 Å². The van der Waals surface area contributed by atoms with Crippen molar-refractivity contribution in [3.05, 3.63) is 78.4 Å². The topological polar surface area (TPSA) is 117 Å². The number of hydroxylamine groups is 1. The maximum absolute atomic E-state index is 12.8. The number of carbonyl (C=O) groups excluding carboxylic acids is 2. The van der Waals surface area contributed by atoms with Gasteiger partial charge in [0.15, 0.2) is 11.5 Å². The smallest absolute Gasteiger partial charge is 0.412 e. The van der Waals surface area contributed by atoms with Gasteiger partial charge in [-0.05, 0) is 29.1 Å². The molecule has 0 heterocycles. The van der Waals surface area contributed by atoms with E-state index >= 15 is 0 Å². The van der Waals surface area contributed by atoms with Gasteiger partial charge in [0.1, 0.15) is 6.10 Å². The van der Waals surface area contributed by atoms with E-state index in [0.29, 0.717) is 11.3 Å². The molecule has 8 nitrogen and oxygen atoms in total. The first kappa shape index (κ1) is 22.6. The summed E-state index contributed by atoms with van der Waals surface area (Å²) < 4.78 is 10.8. The van der Waals surface area contributed by atoms with Crippen molar-refractivity contribution in [2.45, 2.75) is 13.0 Å². The summed E-state index contributed by atoms with van der Waals surface area (Å²) in [6, 6.07) is 17.8. The van der Waals surface area contributed by atoms with Crippen LogP contribution in [0, 0.1) is 5.92 Å². The van der Waals surface area contributed by atoms with E-state index in [1.165, 1.54) is 24.7 Å². The zero-order valence-electron chi connectivity index (χ0n) is 17.6. The Morgan fingerprint density at radius 2 is 1.81 bits per heavy atom. The first-order valence-electron chi connectivity index (χ1n) is 9.87. The Hall–Kier alpha value is -4.04. The van der Waals surface area contributed by atoms with Crippen molar-refractivity contribution >= 4 is 28.5 Å². The number of benzene rings is 3. The second-order valence-corrected chi connectivity index (χ2v) is 7.10. The number of phenols is 1. The van der Waals surface area contributed by atoms with Crippen LogP contribution in [0.15, 0.2) is 72.8 Å². The third-order valence-electron chi connectivity index (χ3n) is 4.93. The van der Waals surface area contributed by atoms with Crippen LogP contribution in [0.3, 0.4) is 0 Å². The molecule has 0 saturated carbocycles. The minimum absolute atomic E-state index is 0.114. The molecule has 0 aliphatic rings. The van der Waals surface area contributed by atoms with Gasteiger partial charge in [-0.3, -0.25) is 15.3 Å². The molecule has 0 bridgehead atoms. The number of carbonyl (C=O) groups is 2. The summed E-state index contributed by atoms with van der Waals surface area (Å²) in [4.78, 5) is 24.2. The molecule has 3 aromatic rings. The summed E-state index contributed by atoms with van der Waals surface area (Å²) in [5.41, 5.74) is 2.60. The lowest BCUT2D eigenvalue weighted by molar-refractivity contribution is -0.124. The number of aromatic hydroxyl groups is 1. The van der Waals surface area contributed by atoms with Gasteiger partial charge in [-0.15, -0.1) is 0 Å². The summed E-state index contributed by atoms with van der Waals surface area (Å²) >= 11 is 0. The summed E-state index contributed by atoms with van der Waals surface area (Å²) in [5, 5.41) is 23.5. The fourth-order valence-electron chi connectivity index (χ4n) is 3.33. The molecule has 8 heteroatoms. The Kier molecular flexibility index (Phi) is 7.30. The van der Waals surface area contributed by atoms with Crippen molar-refractivity contribution < 1.29 is 29.4 Å². The van der Waals surface area contributed by atoms with Gasteiger partial charge in [-0.25, -0.2) is 10.3 Å². The third-order valence-corrected chi connectivity index (χ3v) is 4.93. The number of nitrogens with one attached hydrogen (secondary N) is 2. The van der Waals surface area contributed by atoms with Gasteiger partial charge in [-0.1, -0.05) is 55.5 Å². The number of hydrogen-bond acceptors (Lipinski definition) is 6. The van der Waals surface area contributed by atoms with Gasteiger partial charge < -0.3 is 14.6 Å². The lowest BCUT2D eigenvalue weighted by Gasteiger charge is -2.23. The summed E-state index contributed by atoms with van der Waals surface area (Å²) in [6.07, 6.45) is 1.08. The second-order valence-electron chi connectivity index (χ2n) is 7.10. The SMILES string of the molecule is COc1ccc([C@H](OC(=O)Nc2cccc3ccccc23)[C@@H](C)/C=C/C(=O)NO)cc1O. The van der Waals surface area contributed by atoms with E-state index in [9.17, 15) is 14.7 Å². The molecule has 2 atom stereocenters. The predicted octanol–water partition coefficient (Wildman–Crippen LogP) is 4.54. The van der Waals surface area contributed by atoms with E-state index in [4.69, 9.17) is 14.7 Å². The maximum atomic E-state index is 12.8. The van der Waals surface area contributed by atoms with E-state index in [1.54, 1.807) is 25.1 Å². The zero-order chi connectivity index (χ0) is 23.1. The van der Waals surface area contributed by atoms with E-state index in [-0.39, 0.29) is 11.5 Å². The predicted molar refractivity (Wildman–Crippen MR) is 120 cm³/mol. The van der Waals surface area contributed by atoms with Crippen LogP contribution in [0.4, 0.5) is 10.5 Å². The van der Waals surface area contributed by atoms with Gasteiger partial charge in [-0.2, -0.15) is 0 Å². The lowest BCUT2D eigenvalue weighted by Crippen LogP contribution is -2.22. The quantitative estimate of drug-likeness (QED) is 0.245. The number of fused-ring (bicyclic) bond motifs is 1. The highest BCUT2D eigenvalue weighted by molar-refractivity contribution is 6.00. The number of rotatable bonds is 7. The molecule has 0 unspecified atom stereocenters. The molecule has 4 N–H and O–H groups in total. The largest absolute Gasteiger partial charge is 0.504 e. The van der Waals surface area contributed by atoms with Crippen molar-refractivity contribution in [2.24, 2.45) is 5.92 Å². The van der Waals surface area contributed by atoms with Gasteiger partial charge in [0.25, 0.3) is 5.91 Å². The van der Waals surface area contributed by atoms with E-state index < -0.39 is 24.0 Å². The zero-order valence-corrected chi connectivity index (χ0v) is 17.6. The molecule has 2 amide bonds. The molecule has 0 aromatic heterocycles. The van der Waals surface area contributed by atoms with Crippen LogP contribution in [0.25, 0.3) is 10.8 Å². The summed E-state index contributed by atoms with van der Waals surface area (Å²) in [7, 11) is 1.43. The van der Waals surface area contributed by atoms with Gasteiger partial charge in [0, 0.05) is 17.4 Å². The first-order valence-corrected chi connectivity index (χ1v) is 9.87. The van der Waals surface area contributed by atoms with Crippen LogP contribution in [0.2, 0.25) is 0 Å². The van der Waals surface area contributed by atoms with Crippen molar-refractivity contribution in [1.82, 2.24) is 5.48 Å². The second kappa shape index (κ2) is 10.3. The Balaban J connectivity index is 1.87. The molecule has 0 spiro atoms. The molecule has 0 aliphatic carbocycles. The highest BCUT2D eigenvalue weighted by Crippen LogP contribution is 2.34. The van der Waals surface area contributed by atoms with Crippen LogP contribution >= 0.6 is 0 Å². The Bertz CT molecular complexity index is 1140. The molecular formula is C24H24N2O6. The van der Waals surface area contributed by atoms with Crippen LogP contribution in [0.5, 0.6) is 11.5 Å². The standard InChI is InChI=1S/C24H24N2O6/c1-15(10-13-22(28)26-30)23(17-11-12-21(31-2)20(27)14-17)32-24(29)25-19-9-5-7-16-6-3-4-8-18(16)19/h3-15,23,27,30H,1-2H3,(H,25,29)(H,26,28)/b13-10+/t15-,23+/m0/s1. The minimum atomic E-state index is -0.843. The van der Waals surface area contributed by atoms with Crippen LogP contribution in [-0.4, -0.2) is 29.4 Å². The van der Waals surface area contributed by atoms with E-state index in [0.717, 1.165) is 16.8 Å². The fourth-order valence-corrected chi connectivity index (χ4v) is 3.33. The van der Waals surface area contributed by atoms with Crippen molar-refractivity contribution in [3.63, 3.8) is 0 Å². The number of phenolic OH excluding ortho intramolecular Hbond substituents is 1. The summed E-state index contributed by atoms with van der Waals surface area (Å²) in [6.45, 7) is 1.73. The Labute approximate surface area is 185 Å². The fraction of sp³-hybridized carbons (Fsp3) is 0.167. The molecule has 3 rings (SSSR count). The maximum Gasteiger partial charge on any atom is 0.412 e. The molecule has 0 saturated heterocycles. The van der Waals surface area contributed by atoms with Crippen LogP contribution in [0.1, 0.15) is 18.6 Å². The van der Waals surface area contributed by atoms with Crippen molar-refractivity contribution in [1.29, 1.82) is 0 Å². The minimum Gasteiger partial charge on any atom is -0.504 e. The van der Waals surface area contributed by atoms with Crippen LogP contribution < -0.4 is 15.5 Å². The molecule has 0 radical (unpaired) electrons. The van der Waals surface area contributed by atoms with Gasteiger partial charge in [0.2, 0.25) is 0 Å². The summed E-state index contributed by atoms with van der Waals surface area (Å²) in [5.74, 6) is -1.03. The average molecular weight is 436 g/mol. The lowest BCUT2D eigenvalue weighted by atomic mass is 9.96. The highest BCUT2D eigenvalue weighted by atomic mass is 16.6. The highest BCUT2D eigenvalue weighted by Gasteiger charge is 2.24. The Morgan fingerprint density at radius 3 is 2.53 bits per heavy atom. The van der Waals surface area contributed by atoms with E-state index in [2.05, 4.69) is 5.32 Å². The molecule has 166 valence electrons. The molecule has 0 fully saturated rings. The molecule has 3 aromatic carbocycles. The number of hydrogen-bond donors (Lipinski definition) is 4. The van der Waals surface area contributed by atoms with Crippen LogP contribution in [-0.2, 0) is 9.53 Å². The van der Waals surface area contributed by atoms with Gasteiger partial charge >= 0.3 is 6.09 Å². The third kappa shape index (κ3) is 5.35. The molecule has 0 aliphatic heterocycles. The van der Waals surface area contributed by atoms with Crippen molar-refractivity contribution in [3.8, 4) is 11.5 Å². The average Bonchev–Trinajstić information content (AvgIpc) is 2.81.